The minimum Gasteiger partial charge on any atom is -0.392 e. The summed E-state index contributed by atoms with van der Waals surface area (Å²) in [5, 5.41) is 9.02. The fourth-order valence-corrected chi connectivity index (χ4v) is 3.21. The Morgan fingerprint density at radius 3 is 2.78 bits per heavy atom. The van der Waals surface area contributed by atoms with Crippen LogP contribution in [0.3, 0.4) is 0 Å². The maximum absolute atomic E-state index is 11.7. The Kier molecular flexibility index (Phi) is 3.76. The summed E-state index contributed by atoms with van der Waals surface area (Å²) in [5.74, 6) is 0. The predicted octanol–water partition coefficient (Wildman–Crippen LogP) is -0.604. The van der Waals surface area contributed by atoms with E-state index in [-0.39, 0.29) is 19.7 Å². The molecule has 1 aromatic rings. The number of aliphatic hydroxyl groups excluding tert-OH is 1. The number of hydrogen-bond donors (Lipinski definition) is 2. The van der Waals surface area contributed by atoms with E-state index in [1.807, 2.05) is 0 Å². The molecule has 1 aliphatic rings. The first-order chi connectivity index (χ1) is 8.55. The molecule has 18 heavy (non-hydrogen) atoms. The number of hydrogen-bond acceptors (Lipinski definition) is 4. The molecule has 1 heterocycles. The molecule has 0 aliphatic carbocycles. The summed E-state index contributed by atoms with van der Waals surface area (Å²) in [7, 11) is -3.58. The lowest BCUT2D eigenvalue weighted by molar-refractivity contribution is -0.109. The van der Waals surface area contributed by atoms with Gasteiger partial charge in [0.25, 0.3) is 10.2 Å². The molecule has 1 saturated heterocycles. The van der Waals surface area contributed by atoms with Crippen LogP contribution in [0.5, 0.6) is 0 Å². The summed E-state index contributed by atoms with van der Waals surface area (Å²) in [6.07, 6.45) is 0.585. The van der Waals surface area contributed by atoms with Gasteiger partial charge in [-0.25, -0.2) is 0 Å². The van der Waals surface area contributed by atoms with E-state index in [0.29, 0.717) is 6.29 Å². The average molecular weight is 270 g/mol. The highest BCUT2D eigenvalue weighted by atomic mass is 32.2. The zero-order valence-electron chi connectivity index (χ0n) is 9.61. The van der Waals surface area contributed by atoms with E-state index < -0.39 is 16.3 Å². The van der Waals surface area contributed by atoms with Gasteiger partial charge in [-0.15, -0.1) is 0 Å². The maximum Gasteiger partial charge on any atom is 0.280 e. The normalized spacial score (nSPS) is 23.1. The first-order valence-corrected chi connectivity index (χ1v) is 6.90. The number of nitrogens with one attached hydrogen (secondary N) is 1. The number of aldehydes is 1. The summed E-state index contributed by atoms with van der Waals surface area (Å²) in [4.78, 5) is 10.6. The van der Waals surface area contributed by atoms with E-state index in [1.54, 1.807) is 24.3 Å². The van der Waals surface area contributed by atoms with Crippen LogP contribution in [0.4, 0.5) is 0 Å². The lowest BCUT2D eigenvalue weighted by Gasteiger charge is -2.13. The molecular weight excluding hydrogens is 256 g/mol. The number of carbonyl (C=O) groups excluding carboxylic acids is 1. The molecular formula is C11H14N2O4S. The highest BCUT2D eigenvalue weighted by molar-refractivity contribution is 7.87. The summed E-state index contributed by atoms with van der Waals surface area (Å²) in [6, 6.07) is 6.35. The first kappa shape index (κ1) is 13.2. The van der Waals surface area contributed by atoms with Crippen LogP contribution in [0, 0.1) is 0 Å². The van der Waals surface area contributed by atoms with E-state index >= 15 is 0 Å². The van der Waals surface area contributed by atoms with Gasteiger partial charge >= 0.3 is 0 Å². The van der Waals surface area contributed by atoms with Crippen molar-refractivity contribution in [3.63, 3.8) is 0 Å². The van der Waals surface area contributed by atoms with E-state index in [1.165, 1.54) is 4.31 Å². The Bertz CT molecular complexity index is 544. The Labute approximate surface area is 105 Å². The van der Waals surface area contributed by atoms with Crippen molar-refractivity contribution < 1.29 is 18.3 Å². The highest BCUT2D eigenvalue weighted by Gasteiger charge is 2.34. The molecule has 2 N–H and O–H groups in total. The van der Waals surface area contributed by atoms with Gasteiger partial charge in [-0.2, -0.15) is 17.4 Å². The number of carbonyl (C=O) groups is 1. The molecule has 0 spiro atoms. The van der Waals surface area contributed by atoms with Crippen molar-refractivity contribution in [3.8, 4) is 0 Å². The molecule has 98 valence electrons. The third-order valence-electron chi connectivity index (χ3n) is 2.74. The minimum absolute atomic E-state index is 0.0875. The van der Waals surface area contributed by atoms with Crippen molar-refractivity contribution in [2.45, 2.75) is 19.2 Å². The fraction of sp³-hybridized carbons (Fsp3) is 0.364. The zero-order chi connectivity index (χ0) is 13.2. The van der Waals surface area contributed by atoms with Crippen molar-refractivity contribution in [1.29, 1.82) is 0 Å². The molecule has 7 heteroatoms. The van der Waals surface area contributed by atoms with Crippen LogP contribution in [0.2, 0.25) is 0 Å². The van der Waals surface area contributed by atoms with Gasteiger partial charge in [-0.1, -0.05) is 24.3 Å². The largest absolute Gasteiger partial charge is 0.392 e. The number of nitrogens with zero attached hydrogens (tertiary/aromatic N) is 1. The monoisotopic (exact) mass is 270 g/mol. The van der Waals surface area contributed by atoms with E-state index in [0.717, 1.165) is 11.1 Å². The van der Waals surface area contributed by atoms with Crippen LogP contribution in [0.1, 0.15) is 11.1 Å². The minimum atomic E-state index is -3.58. The molecule has 6 nitrogen and oxygen atoms in total. The van der Waals surface area contributed by atoms with Gasteiger partial charge < -0.3 is 9.90 Å². The first-order valence-electron chi connectivity index (χ1n) is 5.46. The lowest BCUT2D eigenvalue weighted by atomic mass is 10.1. The molecule has 1 fully saturated rings. The van der Waals surface area contributed by atoms with Crippen LogP contribution < -0.4 is 4.72 Å². The van der Waals surface area contributed by atoms with Crippen molar-refractivity contribution in [2.24, 2.45) is 0 Å². The van der Waals surface area contributed by atoms with Crippen LogP contribution >= 0.6 is 0 Å². The van der Waals surface area contributed by atoms with Crippen LogP contribution in [-0.4, -0.2) is 36.7 Å². The van der Waals surface area contributed by atoms with Gasteiger partial charge in [0.15, 0.2) is 0 Å². The van der Waals surface area contributed by atoms with E-state index in [2.05, 4.69) is 4.72 Å². The highest BCUT2D eigenvalue weighted by Crippen LogP contribution is 2.15. The van der Waals surface area contributed by atoms with Crippen molar-refractivity contribution in [1.82, 2.24) is 9.03 Å². The van der Waals surface area contributed by atoms with Crippen LogP contribution in [0.15, 0.2) is 24.3 Å². The van der Waals surface area contributed by atoms with Gasteiger partial charge in [0.05, 0.1) is 12.6 Å². The zero-order valence-corrected chi connectivity index (χ0v) is 10.4. The van der Waals surface area contributed by atoms with Crippen molar-refractivity contribution in [3.05, 3.63) is 35.4 Å². The van der Waals surface area contributed by atoms with Gasteiger partial charge in [0.1, 0.15) is 6.29 Å². The van der Waals surface area contributed by atoms with Gasteiger partial charge in [-0.05, 0) is 11.1 Å². The molecule has 1 unspecified atom stereocenters. The topological polar surface area (TPSA) is 86.7 Å². The van der Waals surface area contributed by atoms with E-state index in [4.69, 9.17) is 5.11 Å². The molecule has 1 aromatic carbocycles. The maximum atomic E-state index is 11.7. The van der Waals surface area contributed by atoms with Crippen LogP contribution in [0.25, 0.3) is 0 Å². The number of rotatable bonds is 4. The molecule has 0 bridgehead atoms. The Balaban J connectivity index is 2.16. The summed E-state index contributed by atoms with van der Waals surface area (Å²) in [5.41, 5.74) is 1.50. The fourth-order valence-electron chi connectivity index (χ4n) is 1.87. The predicted molar refractivity (Wildman–Crippen MR) is 64.7 cm³/mol. The standard InChI is InChI=1S/C11H14N2O4S/c14-7-10-3-1-2-9(4-10)5-13-6-11(8-15)12-18(13,16)17/h1-4,8,11-12,14H,5-7H2. The summed E-state index contributed by atoms with van der Waals surface area (Å²) >= 11 is 0. The lowest BCUT2D eigenvalue weighted by Crippen LogP contribution is -2.30. The third kappa shape index (κ3) is 2.75. The Hall–Kier alpha value is -1.28. The molecule has 1 aliphatic heterocycles. The second-order valence-electron chi connectivity index (χ2n) is 4.14. The third-order valence-corrected chi connectivity index (χ3v) is 4.30. The van der Waals surface area contributed by atoms with Gasteiger partial charge in [-0.3, -0.25) is 0 Å². The Morgan fingerprint density at radius 1 is 1.44 bits per heavy atom. The number of aliphatic hydroxyl groups is 1. The Morgan fingerprint density at radius 2 is 2.17 bits per heavy atom. The summed E-state index contributed by atoms with van der Waals surface area (Å²) < 4.78 is 26.9. The van der Waals surface area contributed by atoms with Gasteiger partial charge in [0.2, 0.25) is 0 Å². The molecule has 0 radical (unpaired) electrons. The molecule has 2 rings (SSSR count). The quantitative estimate of drug-likeness (QED) is 0.715. The number of benzene rings is 1. The molecule has 1 atom stereocenters. The van der Waals surface area contributed by atoms with Crippen molar-refractivity contribution in [2.75, 3.05) is 6.54 Å². The van der Waals surface area contributed by atoms with Gasteiger partial charge in [0, 0.05) is 13.1 Å². The molecule has 0 aromatic heterocycles. The molecule has 0 saturated carbocycles. The molecule has 0 amide bonds. The average Bonchev–Trinajstić information content (AvgIpc) is 2.65. The van der Waals surface area contributed by atoms with Crippen molar-refractivity contribution >= 4 is 16.5 Å². The SMILES string of the molecule is O=CC1CN(Cc2cccc(CO)c2)S(=O)(=O)N1. The summed E-state index contributed by atoms with van der Waals surface area (Å²) in [6.45, 7) is 0.235. The van der Waals surface area contributed by atoms with E-state index in [9.17, 15) is 13.2 Å². The second kappa shape index (κ2) is 5.15. The second-order valence-corrected chi connectivity index (χ2v) is 5.84. The smallest absolute Gasteiger partial charge is 0.280 e. The van der Waals surface area contributed by atoms with Crippen LogP contribution in [-0.2, 0) is 28.2 Å².